The number of rotatable bonds is 10. The lowest BCUT2D eigenvalue weighted by molar-refractivity contribution is -0.144. The second-order valence-electron chi connectivity index (χ2n) is 22.7. The van der Waals surface area contributed by atoms with Crippen LogP contribution < -0.4 is 5.32 Å². The Labute approximate surface area is 455 Å². The van der Waals surface area contributed by atoms with E-state index in [9.17, 15) is 67.1 Å². The number of carbonyl (C=O) groups is 3. The Bertz CT molecular complexity index is 2130. The van der Waals surface area contributed by atoms with Gasteiger partial charge >= 0.3 is 43.0 Å². The molecule has 2 aromatic rings. The molecule has 442 valence electrons. The number of alkyl halides is 14. The SMILES string of the molecule is CC(C)[C@H]1CC(NCc2cc(C(F)(F)F)cc(C(F)(F)F)c2)C[C@H](C(C)C)N1C(=O)OC(C)(C)C.COC(=O)N(Cc1cc(C(F)(F)F)cc(C(F)(F)F)c1)C1C[C@H](C(C)C)N(C(=O)OC(C)(C)C)[C@@H](C(C)C)C1.ClCCl. The Kier molecular flexibility index (Phi) is 24.6. The van der Waals surface area contributed by atoms with Crippen LogP contribution in [-0.2, 0) is 52.0 Å². The van der Waals surface area contributed by atoms with E-state index in [0.29, 0.717) is 25.0 Å². The maximum absolute atomic E-state index is 13.4. The van der Waals surface area contributed by atoms with Gasteiger partial charge in [0.15, 0.2) is 0 Å². The number of hydrogen-bond acceptors (Lipinski definition) is 7. The van der Waals surface area contributed by atoms with Gasteiger partial charge in [-0.05, 0) is 138 Å². The molecule has 0 aromatic heterocycles. The number of benzene rings is 2. The van der Waals surface area contributed by atoms with E-state index in [2.05, 4.69) is 5.32 Å². The fourth-order valence-corrected chi connectivity index (χ4v) is 9.40. The van der Waals surface area contributed by atoms with Crippen LogP contribution in [0.2, 0.25) is 0 Å². The summed E-state index contributed by atoms with van der Waals surface area (Å²) >= 11 is 9.53. The van der Waals surface area contributed by atoms with Crippen molar-refractivity contribution in [1.82, 2.24) is 20.0 Å². The first-order valence-electron chi connectivity index (χ1n) is 25.2. The topological polar surface area (TPSA) is 101 Å². The van der Waals surface area contributed by atoms with E-state index in [1.807, 2.05) is 55.4 Å². The largest absolute Gasteiger partial charge is 0.453 e. The highest BCUT2D eigenvalue weighted by molar-refractivity contribution is 6.40. The van der Waals surface area contributed by atoms with Crippen LogP contribution in [0.25, 0.3) is 0 Å². The minimum atomic E-state index is -5.02. The van der Waals surface area contributed by atoms with E-state index < -0.39 is 101 Å². The Morgan fingerprint density at radius 3 is 1.09 bits per heavy atom. The molecule has 0 bridgehead atoms. The number of likely N-dealkylation sites (tertiary alicyclic amines) is 2. The zero-order valence-corrected chi connectivity index (χ0v) is 47.8. The Hall–Kier alpha value is -4.05. The number of ether oxygens (including phenoxy) is 3. The van der Waals surface area contributed by atoms with E-state index in [0.717, 1.165) is 24.1 Å². The molecule has 2 aromatic carbocycles. The molecule has 77 heavy (non-hydrogen) atoms. The number of halogens is 14. The third-order valence-electron chi connectivity index (χ3n) is 12.9. The van der Waals surface area contributed by atoms with Gasteiger partial charge in [0.05, 0.1) is 34.7 Å². The van der Waals surface area contributed by atoms with Crippen molar-refractivity contribution in [1.29, 1.82) is 0 Å². The van der Waals surface area contributed by atoms with Gasteiger partial charge in [-0.1, -0.05) is 55.4 Å². The molecule has 2 saturated heterocycles. The minimum Gasteiger partial charge on any atom is -0.453 e. The third kappa shape index (κ3) is 21.2. The summed E-state index contributed by atoms with van der Waals surface area (Å²) < 4.78 is 176. The standard InChI is InChI=1S/C27H38F6N2O4.C25H36F6N2O2.CH2Cl2/c1-15(2)21-12-20(13-22(16(3)4)35(21)24(37)39-25(5,6)7)34(23(36)38-8)14-17-9-18(26(28,29)30)11-19(10-17)27(31,32)33;1-14(2)20-11-19(12-21(15(3)4)33(20)22(34)35-23(5,6)7)32-13-16-8-17(24(26,27)28)10-18(9-16)25(29,30)31;2-1-3/h9-11,15-16,20-22H,12-14H2,1-8H3;8-10,14-15,19-21,32H,11-13H2,1-7H3;1H2/t21-,22-;20-,21-;/m11./s1. The summed E-state index contributed by atoms with van der Waals surface area (Å²) in [4.78, 5) is 43.8. The van der Waals surface area contributed by atoms with Crippen molar-refractivity contribution in [3.63, 3.8) is 0 Å². The van der Waals surface area contributed by atoms with Gasteiger partial charge in [-0.15, -0.1) is 23.2 Å². The highest BCUT2D eigenvalue weighted by atomic mass is 35.5. The van der Waals surface area contributed by atoms with Crippen LogP contribution in [0.1, 0.15) is 156 Å². The van der Waals surface area contributed by atoms with Gasteiger partial charge in [-0.3, -0.25) is 0 Å². The van der Waals surface area contributed by atoms with E-state index in [1.54, 1.807) is 51.3 Å². The molecule has 0 spiro atoms. The summed E-state index contributed by atoms with van der Waals surface area (Å²) in [6.45, 7) is 25.4. The summed E-state index contributed by atoms with van der Waals surface area (Å²) in [5, 5.41) is 3.35. The van der Waals surface area contributed by atoms with Crippen LogP contribution in [-0.4, -0.2) is 92.9 Å². The molecule has 0 aliphatic carbocycles. The average molecular weight is 1160 g/mol. The number of carbonyl (C=O) groups excluding carboxylic acids is 3. The smallest absolute Gasteiger partial charge is 0.416 e. The normalized spacial score (nSPS) is 20.8. The van der Waals surface area contributed by atoms with Crippen LogP contribution in [0.5, 0.6) is 0 Å². The quantitative estimate of drug-likeness (QED) is 0.144. The van der Waals surface area contributed by atoms with Crippen molar-refractivity contribution in [2.75, 3.05) is 12.4 Å². The van der Waals surface area contributed by atoms with Crippen LogP contribution in [0.15, 0.2) is 36.4 Å². The van der Waals surface area contributed by atoms with Gasteiger partial charge < -0.3 is 34.2 Å². The highest BCUT2D eigenvalue weighted by Crippen LogP contribution is 2.41. The molecule has 10 nitrogen and oxygen atoms in total. The average Bonchev–Trinajstić information content (AvgIpc) is 3.26. The van der Waals surface area contributed by atoms with Crippen molar-refractivity contribution in [3.8, 4) is 0 Å². The van der Waals surface area contributed by atoms with Crippen molar-refractivity contribution in [3.05, 3.63) is 69.8 Å². The first-order chi connectivity index (χ1) is 34.9. The first kappa shape index (κ1) is 69.1. The lowest BCUT2D eigenvalue weighted by atomic mass is 9.81. The fourth-order valence-electron chi connectivity index (χ4n) is 9.40. The molecule has 0 unspecified atom stereocenters. The molecule has 4 rings (SSSR count). The van der Waals surface area contributed by atoms with Crippen molar-refractivity contribution in [2.45, 2.75) is 208 Å². The third-order valence-corrected chi connectivity index (χ3v) is 12.9. The summed E-state index contributed by atoms with van der Waals surface area (Å²) in [6.07, 6.45) is -20.2. The molecule has 24 heteroatoms. The predicted octanol–water partition coefficient (Wildman–Crippen LogP) is 16.4. The molecule has 2 aliphatic rings. The molecule has 2 fully saturated rings. The van der Waals surface area contributed by atoms with E-state index in [4.69, 9.17) is 37.4 Å². The lowest BCUT2D eigenvalue weighted by Gasteiger charge is -2.50. The van der Waals surface area contributed by atoms with E-state index in [-0.39, 0.29) is 89.8 Å². The lowest BCUT2D eigenvalue weighted by Crippen LogP contribution is -2.61. The van der Waals surface area contributed by atoms with Crippen LogP contribution in [0.3, 0.4) is 0 Å². The minimum absolute atomic E-state index is 0.0505. The molecule has 4 atom stereocenters. The first-order valence-corrected chi connectivity index (χ1v) is 26.2. The zero-order valence-electron chi connectivity index (χ0n) is 46.3. The van der Waals surface area contributed by atoms with Crippen molar-refractivity contribution < 1.29 is 81.3 Å². The summed E-state index contributed by atoms with van der Waals surface area (Å²) in [5.74, 6) is -0.0459. The van der Waals surface area contributed by atoms with Gasteiger partial charge in [0.2, 0.25) is 0 Å². The molecule has 2 heterocycles. The fraction of sp³-hybridized carbons (Fsp3) is 0.717. The summed E-state index contributed by atoms with van der Waals surface area (Å²) in [5.41, 5.74) is -7.44. The van der Waals surface area contributed by atoms with Gasteiger partial charge in [-0.25, -0.2) is 14.4 Å². The molecule has 3 amide bonds. The van der Waals surface area contributed by atoms with Gasteiger partial charge in [0, 0.05) is 49.3 Å². The van der Waals surface area contributed by atoms with Crippen molar-refractivity contribution in [2.24, 2.45) is 23.7 Å². The molecule has 1 N–H and O–H groups in total. The van der Waals surface area contributed by atoms with E-state index >= 15 is 0 Å². The maximum atomic E-state index is 13.4. The Morgan fingerprint density at radius 1 is 0.545 bits per heavy atom. The Morgan fingerprint density at radius 2 is 0.831 bits per heavy atom. The number of nitrogens with zero attached hydrogens (tertiary/aromatic N) is 3. The predicted molar refractivity (Wildman–Crippen MR) is 271 cm³/mol. The zero-order chi connectivity index (χ0) is 59.7. The van der Waals surface area contributed by atoms with Gasteiger partial charge in [-0.2, -0.15) is 52.7 Å². The molecule has 0 saturated carbocycles. The van der Waals surface area contributed by atoms with Crippen LogP contribution in [0, 0.1) is 23.7 Å². The number of amides is 3. The number of hydrogen-bond donors (Lipinski definition) is 1. The number of piperidine rings is 2. The van der Waals surface area contributed by atoms with Crippen molar-refractivity contribution >= 4 is 41.5 Å². The second kappa shape index (κ2) is 27.4. The molecule has 2 aliphatic heterocycles. The Balaban J connectivity index is 0.000000504. The molecule has 0 radical (unpaired) electrons. The van der Waals surface area contributed by atoms with Gasteiger partial charge in [0.1, 0.15) is 11.2 Å². The van der Waals surface area contributed by atoms with Crippen LogP contribution in [0.4, 0.5) is 67.1 Å². The van der Waals surface area contributed by atoms with E-state index in [1.165, 1.54) is 0 Å². The monoisotopic (exact) mass is 1160 g/mol. The number of nitrogens with one attached hydrogen (secondary N) is 1. The highest BCUT2D eigenvalue weighted by Gasteiger charge is 2.47. The molecular weight excluding hydrogens is 1090 g/mol. The molecular formula is C53H76Cl2F12N4O6. The summed E-state index contributed by atoms with van der Waals surface area (Å²) in [7, 11) is 1.10. The number of methoxy groups -OCH3 is 1. The summed E-state index contributed by atoms with van der Waals surface area (Å²) in [6, 6.07) is 0.860. The van der Waals surface area contributed by atoms with Crippen LogP contribution >= 0.6 is 23.2 Å². The second-order valence-corrected chi connectivity index (χ2v) is 23.5. The maximum Gasteiger partial charge on any atom is 0.416 e. The van der Waals surface area contributed by atoms with Gasteiger partial charge in [0.25, 0.3) is 0 Å².